The van der Waals surface area contributed by atoms with Crippen LogP contribution in [0.25, 0.3) is 0 Å². The summed E-state index contributed by atoms with van der Waals surface area (Å²) >= 11 is 5.54. The molecule has 0 bridgehead atoms. The van der Waals surface area contributed by atoms with E-state index in [0.29, 0.717) is 0 Å². The predicted molar refractivity (Wildman–Crippen MR) is 41.1 cm³/mol. The van der Waals surface area contributed by atoms with E-state index in [1.165, 1.54) is 0 Å². The Morgan fingerprint density at radius 1 is 1.12 bits per heavy atom. The van der Waals surface area contributed by atoms with Gasteiger partial charge in [0.2, 0.25) is 0 Å². The van der Waals surface area contributed by atoms with Crippen LogP contribution in [0.4, 0.5) is 0 Å². The third-order valence-electron chi connectivity index (χ3n) is 0.733. The molecule has 0 spiro atoms. The van der Waals surface area contributed by atoms with Gasteiger partial charge in [0.25, 0.3) is 0 Å². The zero-order valence-electron chi connectivity index (χ0n) is 5.26. The SMILES string of the molecule is Clc1ccccc1.[H+].[SeH2]. The molecule has 0 aliphatic carbocycles. The average molecular weight is 195 g/mol. The maximum absolute atomic E-state index is 5.54. The van der Waals surface area contributed by atoms with Crippen LogP contribution in [0.2, 0.25) is 5.02 Å². The van der Waals surface area contributed by atoms with Crippen LogP contribution >= 0.6 is 11.6 Å². The quantitative estimate of drug-likeness (QED) is 0.550. The van der Waals surface area contributed by atoms with Crippen molar-refractivity contribution < 1.29 is 1.43 Å². The van der Waals surface area contributed by atoms with Crippen LogP contribution < -0.4 is 0 Å². The first-order chi connectivity index (χ1) is 3.39. The second kappa shape index (κ2) is 3.96. The fourth-order valence-corrected chi connectivity index (χ4v) is 0.560. The van der Waals surface area contributed by atoms with Gasteiger partial charge in [0.15, 0.2) is 0 Å². The van der Waals surface area contributed by atoms with Crippen LogP contribution in [0, 0.1) is 0 Å². The van der Waals surface area contributed by atoms with Crippen molar-refractivity contribution in [2.45, 2.75) is 0 Å². The molecule has 1 rings (SSSR count). The third kappa shape index (κ3) is 2.37. The van der Waals surface area contributed by atoms with E-state index in [1.807, 2.05) is 30.3 Å². The fraction of sp³-hybridized carbons (Fsp3) is 0. The van der Waals surface area contributed by atoms with E-state index in [-0.39, 0.29) is 18.5 Å². The van der Waals surface area contributed by atoms with E-state index < -0.39 is 0 Å². The van der Waals surface area contributed by atoms with Gasteiger partial charge in [-0.2, -0.15) is 0 Å². The molecule has 44 valence electrons. The van der Waals surface area contributed by atoms with Gasteiger partial charge in [-0.05, 0) is 12.1 Å². The first-order valence-electron chi connectivity index (χ1n) is 2.10. The van der Waals surface area contributed by atoms with Crippen LogP contribution in [-0.2, 0) is 0 Å². The summed E-state index contributed by atoms with van der Waals surface area (Å²) in [6.07, 6.45) is 0. The van der Waals surface area contributed by atoms with Crippen molar-refractivity contribution in [3.8, 4) is 0 Å². The molecule has 0 aromatic heterocycles. The Kier molecular flexibility index (Phi) is 3.98. The molecule has 0 aliphatic rings. The Morgan fingerprint density at radius 2 is 1.62 bits per heavy atom. The Bertz CT molecular complexity index is 143. The zero-order valence-corrected chi connectivity index (χ0v) is 7.12. The second-order valence-corrected chi connectivity index (χ2v) is 1.73. The Hall–Kier alpha value is 0.0295. The number of halogens is 1. The molecule has 0 N–H and O–H groups in total. The summed E-state index contributed by atoms with van der Waals surface area (Å²) in [5.74, 6) is 0. The number of benzene rings is 1. The molecule has 0 unspecified atom stereocenters. The van der Waals surface area contributed by atoms with Gasteiger partial charge in [-0.3, -0.25) is 0 Å². The molecular formula is C6H8ClSe+. The molecule has 0 saturated heterocycles. The van der Waals surface area contributed by atoms with Gasteiger partial charge in [0, 0.05) is 5.02 Å². The molecule has 1 aromatic carbocycles. The normalized spacial score (nSPS) is 7.62. The van der Waals surface area contributed by atoms with Crippen molar-refractivity contribution in [1.29, 1.82) is 0 Å². The molecule has 0 amide bonds. The van der Waals surface area contributed by atoms with Crippen molar-refractivity contribution in [2.75, 3.05) is 0 Å². The zero-order chi connectivity index (χ0) is 5.11. The monoisotopic (exact) mass is 195 g/mol. The summed E-state index contributed by atoms with van der Waals surface area (Å²) in [5.41, 5.74) is 0. The van der Waals surface area contributed by atoms with Gasteiger partial charge in [0.05, 0.1) is 0 Å². The van der Waals surface area contributed by atoms with Gasteiger partial charge in [0.1, 0.15) is 0 Å². The van der Waals surface area contributed by atoms with E-state index in [0.717, 1.165) is 5.02 Å². The van der Waals surface area contributed by atoms with E-state index in [2.05, 4.69) is 0 Å². The predicted octanol–water partition coefficient (Wildman–Crippen LogP) is 1.54. The molecule has 8 heavy (non-hydrogen) atoms. The van der Waals surface area contributed by atoms with Crippen molar-refractivity contribution >= 4 is 28.7 Å². The van der Waals surface area contributed by atoms with Crippen molar-refractivity contribution in [3.63, 3.8) is 0 Å². The van der Waals surface area contributed by atoms with E-state index >= 15 is 0 Å². The summed E-state index contributed by atoms with van der Waals surface area (Å²) in [6.45, 7) is 0. The Morgan fingerprint density at radius 3 is 1.88 bits per heavy atom. The summed E-state index contributed by atoms with van der Waals surface area (Å²) in [4.78, 5) is 0. The van der Waals surface area contributed by atoms with Crippen molar-refractivity contribution in [1.82, 2.24) is 0 Å². The van der Waals surface area contributed by atoms with Crippen LogP contribution in [-0.4, -0.2) is 17.1 Å². The number of hydrogen-bond acceptors (Lipinski definition) is 0. The van der Waals surface area contributed by atoms with Gasteiger partial charge < -0.3 is 0 Å². The minimum atomic E-state index is 0. The molecule has 0 heterocycles. The van der Waals surface area contributed by atoms with Gasteiger partial charge >= 0.3 is 18.5 Å². The van der Waals surface area contributed by atoms with Crippen LogP contribution in [0.15, 0.2) is 30.3 Å². The first-order valence-corrected chi connectivity index (χ1v) is 2.48. The first kappa shape index (κ1) is 8.03. The topological polar surface area (TPSA) is 0 Å². The van der Waals surface area contributed by atoms with E-state index in [1.54, 1.807) is 0 Å². The van der Waals surface area contributed by atoms with Gasteiger partial charge in [-0.25, -0.2) is 0 Å². The molecule has 0 aliphatic heterocycles. The van der Waals surface area contributed by atoms with Crippen LogP contribution in [0.3, 0.4) is 0 Å². The minimum absolute atomic E-state index is 0. The molecule has 0 radical (unpaired) electrons. The van der Waals surface area contributed by atoms with E-state index in [9.17, 15) is 0 Å². The number of hydrogen-bond donors (Lipinski definition) is 0. The Labute approximate surface area is 65.8 Å². The van der Waals surface area contributed by atoms with E-state index in [4.69, 9.17) is 11.6 Å². The summed E-state index contributed by atoms with van der Waals surface area (Å²) < 4.78 is 0. The molecule has 0 fully saturated rings. The van der Waals surface area contributed by atoms with Crippen LogP contribution in [0.1, 0.15) is 1.43 Å². The molecule has 2 heteroatoms. The summed E-state index contributed by atoms with van der Waals surface area (Å²) in [7, 11) is 0. The summed E-state index contributed by atoms with van der Waals surface area (Å²) in [6, 6.07) is 9.44. The Balaban J connectivity index is 0. The second-order valence-electron chi connectivity index (χ2n) is 1.30. The van der Waals surface area contributed by atoms with Crippen LogP contribution in [0.5, 0.6) is 0 Å². The van der Waals surface area contributed by atoms with Gasteiger partial charge in [-0.1, -0.05) is 29.8 Å². The maximum atomic E-state index is 5.54. The molecule has 1 aromatic rings. The third-order valence-corrected chi connectivity index (χ3v) is 0.985. The average Bonchev–Trinajstić information content (AvgIpc) is 1.69. The summed E-state index contributed by atoms with van der Waals surface area (Å²) in [5, 5.41) is 0.794. The molecular weight excluding hydrogens is 186 g/mol. The van der Waals surface area contributed by atoms with Crippen molar-refractivity contribution in [2.24, 2.45) is 0 Å². The van der Waals surface area contributed by atoms with Gasteiger partial charge in [-0.15, -0.1) is 0 Å². The molecule has 0 atom stereocenters. The number of rotatable bonds is 0. The molecule has 0 saturated carbocycles. The standard InChI is InChI=1S/C6H5Cl.H2Se/c7-6-4-2-1-3-5-6;/h1-5H;1H2/p+1. The molecule has 0 nitrogen and oxygen atoms in total. The van der Waals surface area contributed by atoms with Crippen molar-refractivity contribution in [3.05, 3.63) is 35.4 Å². The fourth-order valence-electron chi connectivity index (χ4n) is 0.415.